The molecule has 1 heterocycles. The zero-order valence-electron chi connectivity index (χ0n) is 17.0. The lowest BCUT2D eigenvalue weighted by Crippen LogP contribution is -1.99. The van der Waals surface area contributed by atoms with E-state index >= 15 is 0 Å². The molecule has 0 aliphatic rings. The molecule has 7 nitrogen and oxygen atoms in total. The zero-order chi connectivity index (χ0) is 21.8. The third-order valence-corrected chi connectivity index (χ3v) is 4.77. The Bertz CT molecular complexity index is 1240. The van der Waals surface area contributed by atoms with Gasteiger partial charge in [0.05, 0.1) is 25.4 Å². The van der Waals surface area contributed by atoms with Crippen molar-refractivity contribution >= 4 is 28.5 Å². The van der Waals surface area contributed by atoms with E-state index in [4.69, 9.17) is 19.6 Å². The molecule has 0 saturated carbocycles. The summed E-state index contributed by atoms with van der Waals surface area (Å²) >= 11 is 0. The van der Waals surface area contributed by atoms with Crippen LogP contribution in [0.4, 0.5) is 11.4 Å². The lowest BCUT2D eigenvalue weighted by atomic mass is 10.1. The largest absolute Gasteiger partial charge is 0.504 e. The molecule has 4 rings (SSSR count). The third kappa shape index (κ3) is 4.06. The number of nitrogens with zero attached hydrogens (tertiary/aromatic N) is 1. The summed E-state index contributed by atoms with van der Waals surface area (Å²) in [6, 6.07) is 18.1. The van der Waals surface area contributed by atoms with E-state index in [0.717, 1.165) is 11.1 Å². The predicted octanol–water partition coefficient (Wildman–Crippen LogP) is 5.49. The Labute approximate surface area is 179 Å². The third-order valence-electron chi connectivity index (χ3n) is 4.77. The first-order valence-corrected chi connectivity index (χ1v) is 9.51. The first-order valence-electron chi connectivity index (χ1n) is 9.51. The highest BCUT2D eigenvalue weighted by molar-refractivity contribution is 6.03. The van der Waals surface area contributed by atoms with Crippen LogP contribution in [0.5, 0.6) is 28.7 Å². The molecule has 3 aromatic carbocycles. The fraction of sp³-hybridized carbons (Fsp3) is 0.0833. The van der Waals surface area contributed by atoms with Gasteiger partial charge in [-0.2, -0.15) is 0 Å². The second kappa shape index (κ2) is 8.62. The lowest BCUT2D eigenvalue weighted by Gasteiger charge is -2.15. The number of hydrogen-bond acceptors (Lipinski definition) is 7. The number of para-hydroxylation sites is 2. The van der Waals surface area contributed by atoms with Gasteiger partial charge in [-0.3, -0.25) is 4.98 Å². The first kappa shape index (κ1) is 20.0. The van der Waals surface area contributed by atoms with Crippen LogP contribution in [0, 0.1) is 5.41 Å². The van der Waals surface area contributed by atoms with Gasteiger partial charge < -0.3 is 30.0 Å². The van der Waals surface area contributed by atoms with E-state index in [1.165, 1.54) is 19.4 Å². The van der Waals surface area contributed by atoms with Gasteiger partial charge in [0.1, 0.15) is 5.75 Å². The second-order valence-electron chi connectivity index (χ2n) is 6.68. The van der Waals surface area contributed by atoms with Crippen LogP contribution in [0.3, 0.4) is 0 Å². The summed E-state index contributed by atoms with van der Waals surface area (Å²) in [4.78, 5) is 4.33. The number of anilines is 2. The van der Waals surface area contributed by atoms with Crippen molar-refractivity contribution in [3.8, 4) is 28.7 Å². The van der Waals surface area contributed by atoms with Gasteiger partial charge in [0.2, 0.25) is 0 Å². The fourth-order valence-electron chi connectivity index (χ4n) is 3.22. The molecule has 0 unspecified atom stereocenters. The van der Waals surface area contributed by atoms with E-state index < -0.39 is 0 Å². The SMILES string of the molecule is COc1cc2c(Nc3ccc(Oc4ccccc4OC)cc3)c(C=N)cnc2cc1O. The highest BCUT2D eigenvalue weighted by Gasteiger charge is 2.13. The van der Waals surface area contributed by atoms with E-state index in [-0.39, 0.29) is 5.75 Å². The number of pyridine rings is 1. The summed E-state index contributed by atoms with van der Waals surface area (Å²) in [6.45, 7) is 0. The highest BCUT2D eigenvalue weighted by atomic mass is 16.5. The van der Waals surface area contributed by atoms with Gasteiger partial charge in [-0.25, -0.2) is 0 Å². The Morgan fingerprint density at radius 3 is 2.32 bits per heavy atom. The lowest BCUT2D eigenvalue weighted by molar-refractivity contribution is 0.374. The van der Waals surface area contributed by atoms with Crippen LogP contribution in [0.25, 0.3) is 10.9 Å². The molecule has 0 amide bonds. The van der Waals surface area contributed by atoms with Crippen molar-refractivity contribution in [1.29, 1.82) is 5.41 Å². The van der Waals surface area contributed by atoms with Gasteiger partial charge in [-0.1, -0.05) is 12.1 Å². The maximum atomic E-state index is 10.1. The number of aromatic nitrogens is 1. The Balaban J connectivity index is 1.65. The van der Waals surface area contributed by atoms with Crippen molar-refractivity contribution in [2.75, 3.05) is 19.5 Å². The minimum absolute atomic E-state index is 0.00824. The van der Waals surface area contributed by atoms with Crippen molar-refractivity contribution in [1.82, 2.24) is 4.98 Å². The average molecular weight is 415 g/mol. The number of phenols is 1. The van der Waals surface area contributed by atoms with E-state index in [0.29, 0.717) is 39.8 Å². The molecule has 0 aliphatic carbocycles. The minimum Gasteiger partial charge on any atom is -0.504 e. The van der Waals surface area contributed by atoms with Gasteiger partial charge in [0, 0.05) is 35.1 Å². The van der Waals surface area contributed by atoms with Crippen LogP contribution < -0.4 is 19.5 Å². The number of hydrogen-bond donors (Lipinski definition) is 3. The average Bonchev–Trinajstić information content (AvgIpc) is 2.80. The molecule has 0 radical (unpaired) electrons. The molecule has 0 spiro atoms. The van der Waals surface area contributed by atoms with Crippen LogP contribution >= 0.6 is 0 Å². The molecular weight excluding hydrogens is 394 g/mol. The Hall–Kier alpha value is -4.26. The van der Waals surface area contributed by atoms with Crippen molar-refractivity contribution in [2.24, 2.45) is 0 Å². The quantitative estimate of drug-likeness (QED) is 0.345. The molecule has 0 bridgehead atoms. The van der Waals surface area contributed by atoms with Crippen LogP contribution in [0.2, 0.25) is 0 Å². The topological polar surface area (TPSA) is 96.7 Å². The Morgan fingerprint density at radius 1 is 0.935 bits per heavy atom. The number of nitrogens with one attached hydrogen (secondary N) is 2. The minimum atomic E-state index is 0.00824. The summed E-state index contributed by atoms with van der Waals surface area (Å²) < 4.78 is 16.5. The molecule has 156 valence electrons. The molecule has 0 saturated heterocycles. The summed E-state index contributed by atoms with van der Waals surface area (Å²) in [7, 11) is 3.09. The molecule has 0 fully saturated rings. The van der Waals surface area contributed by atoms with E-state index in [2.05, 4.69) is 10.3 Å². The number of benzene rings is 3. The summed E-state index contributed by atoms with van der Waals surface area (Å²) in [6.07, 6.45) is 2.82. The smallest absolute Gasteiger partial charge is 0.169 e. The fourth-order valence-corrected chi connectivity index (χ4v) is 3.22. The molecule has 3 N–H and O–H groups in total. The van der Waals surface area contributed by atoms with Gasteiger partial charge in [-0.05, 0) is 42.5 Å². The van der Waals surface area contributed by atoms with Crippen LogP contribution in [-0.4, -0.2) is 30.5 Å². The van der Waals surface area contributed by atoms with Crippen molar-refractivity contribution < 1.29 is 19.3 Å². The number of aromatic hydroxyl groups is 1. The Kier molecular flexibility index (Phi) is 5.57. The van der Waals surface area contributed by atoms with E-state index in [1.54, 1.807) is 19.4 Å². The van der Waals surface area contributed by atoms with Crippen molar-refractivity contribution in [2.45, 2.75) is 0 Å². The van der Waals surface area contributed by atoms with Crippen LogP contribution in [-0.2, 0) is 0 Å². The molecule has 0 aliphatic heterocycles. The molecule has 0 atom stereocenters. The van der Waals surface area contributed by atoms with Gasteiger partial charge >= 0.3 is 0 Å². The van der Waals surface area contributed by atoms with Gasteiger partial charge in [0.15, 0.2) is 23.0 Å². The predicted molar refractivity (Wildman–Crippen MR) is 121 cm³/mol. The van der Waals surface area contributed by atoms with E-state index in [9.17, 15) is 5.11 Å². The number of methoxy groups -OCH3 is 2. The second-order valence-corrected chi connectivity index (χ2v) is 6.68. The molecular formula is C24H21N3O4. The standard InChI is InChI=1S/C24H21N3O4/c1-29-21-5-3-4-6-22(21)31-17-9-7-16(8-10-17)27-24-15(13-25)14-26-19-12-20(28)23(30-2)11-18(19)24/h3-14,25,28H,1-2H3,(H,26,27). The highest BCUT2D eigenvalue weighted by Crippen LogP contribution is 2.37. The van der Waals surface area contributed by atoms with Gasteiger partial charge in [-0.15, -0.1) is 0 Å². The maximum Gasteiger partial charge on any atom is 0.169 e. The zero-order valence-corrected chi connectivity index (χ0v) is 17.0. The molecule has 4 aromatic rings. The Morgan fingerprint density at radius 2 is 1.65 bits per heavy atom. The number of ether oxygens (including phenoxy) is 3. The molecule has 7 heteroatoms. The van der Waals surface area contributed by atoms with Gasteiger partial charge in [0.25, 0.3) is 0 Å². The number of fused-ring (bicyclic) bond motifs is 1. The summed E-state index contributed by atoms with van der Waals surface area (Å²) in [5.74, 6) is 2.28. The maximum absolute atomic E-state index is 10.1. The first-order chi connectivity index (χ1) is 15.1. The van der Waals surface area contributed by atoms with Crippen LogP contribution in [0.15, 0.2) is 66.9 Å². The number of rotatable bonds is 7. The van der Waals surface area contributed by atoms with E-state index in [1.807, 2.05) is 48.5 Å². The van der Waals surface area contributed by atoms with Crippen molar-refractivity contribution in [3.63, 3.8) is 0 Å². The monoisotopic (exact) mass is 415 g/mol. The number of phenolic OH excluding ortho intramolecular Hbond substituents is 1. The normalized spacial score (nSPS) is 10.5. The molecule has 1 aromatic heterocycles. The summed E-state index contributed by atoms with van der Waals surface area (Å²) in [5, 5.41) is 21.9. The van der Waals surface area contributed by atoms with Crippen LogP contribution in [0.1, 0.15) is 5.56 Å². The molecule has 31 heavy (non-hydrogen) atoms. The summed E-state index contributed by atoms with van der Waals surface area (Å²) in [5.41, 5.74) is 2.68. The van der Waals surface area contributed by atoms with Crippen molar-refractivity contribution in [3.05, 3.63) is 72.4 Å².